The molecule has 0 N–H and O–H groups in total. The van der Waals surface area contributed by atoms with Gasteiger partial charge in [-0.05, 0) is 6.92 Å². The van der Waals surface area contributed by atoms with E-state index in [9.17, 15) is 0 Å². The van der Waals surface area contributed by atoms with Crippen molar-refractivity contribution in [2.75, 3.05) is 0 Å². The summed E-state index contributed by atoms with van der Waals surface area (Å²) in [6.07, 6.45) is 1.94. The second-order valence-corrected chi connectivity index (χ2v) is 6.28. The largest absolute Gasteiger partial charge is 0.261 e. The average Bonchev–Trinajstić information content (AvgIpc) is 2.29. The van der Waals surface area contributed by atoms with Crippen LogP contribution in [0.15, 0.2) is 9.98 Å². The molecule has 0 amide bonds. The molecule has 2 heteroatoms. The summed E-state index contributed by atoms with van der Waals surface area (Å²) in [5.74, 6) is 0. The maximum absolute atomic E-state index is 4.76. The van der Waals surface area contributed by atoms with Crippen molar-refractivity contribution in [2.45, 2.75) is 54.1 Å². The quantitative estimate of drug-likeness (QED) is 0.565. The Hall–Kier alpha value is -0.660. The predicted molar refractivity (Wildman–Crippen MR) is 63.2 cm³/mol. The number of hydrogen-bond donors (Lipinski definition) is 0. The van der Waals surface area contributed by atoms with Gasteiger partial charge in [0, 0.05) is 17.0 Å². The molecule has 0 saturated heterocycles. The van der Waals surface area contributed by atoms with Crippen molar-refractivity contribution in [3.63, 3.8) is 0 Å². The van der Waals surface area contributed by atoms with Crippen molar-refractivity contribution in [2.24, 2.45) is 20.8 Å². The maximum Gasteiger partial charge on any atom is 0.152 e. The summed E-state index contributed by atoms with van der Waals surface area (Å²) in [5, 5.41) is 0. The highest BCUT2D eigenvalue weighted by molar-refractivity contribution is 6.34. The Labute approximate surface area is 87.5 Å². The molecule has 0 aromatic heterocycles. The summed E-state index contributed by atoms with van der Waals surface area (Å²) in [4.78, 5) is 9.32. The van der Waals surface area contributed by atoms with Gasteiger partial charge in [0.05, 0.1) is 5.71 Å². The topological polar surface area (TPSA) is 24.7 Å². The van der Waals surface area contributed by atoms with Crippen LogP contribution in [-0.4, -0.2) is 17.6 Å². The third kappa shape index (κ3) is 1.89. The first kappa shape index (κ1) is 11.4. The van der Waals surface area contributed by atoms with Gasteiger partial charge < -0.3 is 0 Å². The van der Waals surface area contributed by atoms with Crippen molar-refractivity contribution in [3.8, 4) is 0 Å². The van der Waals surface area contributed by atoms with Gasteiger partial charge in [0.2, 0.25) is 0 Å². The van der Waals surface area contributed by atoms with E-state index in [1.807, 2.05) is 6.21 Å². The van der Waals surface area contributed by atoms with Crippen molar-refractivity contribution in [1.82, 2.24) is 0 Å². The van der Waals surface area contributed by atoms with Crippen LogP contribution in [0, 0.1) is 10.8 Å². The van der Waals surface area contributed by atoms with Crippen molar-refractivity contribution >= 4 is 11.9 Å². The lowest BCUT2D eigenvalue weighted by Gasteiger charge is -2.33. The molecule has 1 rings (SSSR count). The standard InChI is InChI=1S/C12H22N2/c1-10(2,3)9-8-13-12(7,14-9)11(4,5)6/h8H,1-7H3. The molecule has 1 heterocycles. The normalized spacial score (nSPS) is 28.1. The Morgan fingerprint density at radius 1 is 1.07 bits per heavy atom. The van der Waals surface area contributed by atoms with Gasteiger partial charge in [0.1, 0.15) is 0 Å². The molecule has 0 spiro atoms. The highest BCUT2D eigenvalue weighted by Crippen LogP contribution is 2.38. The molecule has 1 aliphatic rings. The maximum atomic E-state index is 4.76. The monoisotopic (exact) mass is 194 g/mol. The smallest absolute Gasteiger partial charge is 0.152 e. The average molecular weight is 194 g/mol. The summed E-state index contributed by atoms with van der Waals surface area (Å²) in [5.41, 5.74) is 1.01. The summed E-state index contributed by atoms with van der Waals surface area (Å²) in [6, 6.07) is 0. The SMILES string of the molecule is CC(C)(C)C1=NC(C)(C(C)(C)C)N=C1. The van der Waals surface area contributed by atoms with E-state index in [1.54, 1.807) is 0 Å². The minimum atomic E-state index is -0.282. The summed E-state index contributed by atoms with van der Waals surface area (Å²) in [7, 11) is 0. The highest BCUT2D eigenvalue weighted by Gasteiger charge is 2.40. The second-order valence-electron chi connectivity index (χ2n) is 6.28. The van der Waals surface area contributed by atoms with Gasteiger partial charge in [-0.2, -0.15) is 0 Å². The highest BCUT2D eigenvalue weighted by atomic mass is 15.1. The van der Waals surface area contributed by atoms with E-state index in [-0.39, 0.29) is 16.5 Å². The molecule has 0 bridgehead atoms. The lowest BCUT2D eigenvalue weighted by atomic mass is 9.82. The molecule has 0 saturated carbocycles. The number of rotatable bonds is 0. The minimum Gasteiger partial charge on any atom is -0.261 e. The Balaban J connectivity index is 3.04. The molecule has 1 unspecified atom stereocenters. The molecule has 14 heavy (non-hydrogen) atoms. The van der Waals surface area contributed by atoms with Crippen LogP contribution < -0.4 is 0 Å². The molecular weight excluding hydrogens is 172 g/mol. The van der Waals surface area contributed by atoms with Crippen molar-refractivity contribution in [1.29, 1.82) is 0 Å². The third-order valence-corrected chi connectivity index (χ3v) is 2.97. The van der Waals surface area contributed by atoms with Crippen LogP contribution in [-0.2, 0) is 0 Å². The number of aliphatic imine (C=N–C) groups is 2. The molecule has 0 radical (unpaired) electrons. The van der Waals surface area contributed by atoms with Crippen LogP contribution in [0.2, 0.25) is 0 Å². The number of hydrogen-bond acceptors (Lipinski definition) is 2. The zero-order valence-electron chi connectivity index (χ0n) is 10.5. The Morgan fingerprint density at radius 3 is 1.79 bits per heavy atom. The fraction of sp³-hybridized carbons (Fsp3) is 0.833. The second kappa shape index (κ2) is 2.91. The molecule has 0 aliphatic carbocycles. The fourth-order valence-electron chi connectivity index (χ4n) is 1.20. The van der Waals surface area contributed by atoms with E-state index in [4.69, 9.17) is 4.99 Å². The van der Waals surface area contributed by atoms with Crippen molar-refractivity contribution in [3.05, 3.63) is 0 Å². The zero-order valence-corrected chi connectivity index (χ0v) is 10.5. The van der Waals surface area contributed by atoms with E-state index in [1.165, 1.54) is 0 Å². The third-order valence-electron chi connectivity index (χ3n) is 2.97. The summed E-state index contributed by atoms with van der Waals surface area (Å²) >= 11 is 0. The van der Waals surface area contributed by atoms with Gasteiger partial charge in [-0.25, -0.2) is 0 Å². The summed E-state index contributed by atoms with van der Waals surface area (Å²) in [6.45, 7) is 15.2. The first-order valence-electron chi connectivity index (χ1n) is 5.22. The Bertz CT molecular complexity index is 286. The molecule has 0 aromatic carbocycles. The first-order chi connectivity index (χ1) is 6.06. The molecule has 1 atom stereocenters. The van der Waals surface area contributed by atoms with Gasteiger partial charge in [-0.15, -0.1) is 0 Å². The fourth-order valence-corrected chi connectivity index (χ4v) is 1.20. The van der Waals surface area contributed by atoms with Crippen molar-refractivity contribution < 1.29 is 0 Å². The molecular formula is C12H22N2. The molecule has 1 aliphatic heterocycles. The van der Waals surface area contributed by atoms with E-state index < -0.39 is 0 Å². The first-order valence-corrected chi connectivity index (χ1v) is 5.22. The van der Waals surface area contributed by atoms with Crippen LogP contribution in [0.4, 0.5) is 0 Å². The Morgan fingerprint density at radius 2 is 1.57 bits per heavy atom. The van der Waals surface area contributed by atoms with Gasteiger partial charge in [-0.1, -0.05) is 41.5 Å². The molecule has 80 valence electrons. The van der Waals surface area contributed by atoms with Gasteiger partial charge >= 0.3 is 0 Å². The Kier molecular flexibility index (Phi) is 2.38. The molecule has 2 nitrogen and oxygen atoms in total. The molecule has 0 fully saturated rings. The van der Waals surface area contributed by atoms with Crippen LogP contribution in [0.5, 0.6) is 0 Å². The van der Waals surface area contributed by atoms with Crippen LogP contribution in [0.1, 0.15) is 48.5 Å². The summed E-state index contributed by atoms with van der Waals surface area (Å²) < 4.78 is 0. The van der Waals surface area contributed by atoms with E-state index in [0.717, 1.165) is 5.71 Å². The van der Waals surface area contributed by atoms with Crippen LogP contribution >= 0.6 is 0 Å². The van der Waals surface area contributed by atoms with E-state index >= 15 is 0 Å². The van der Waals surface area contributed by atoms with Crippen LogP contribution in [0.3, 0.4) is 0 Å². The van der Waals surface area contributed by atoms with Crippen LogP contribution in [0.25, 0.3) is 0 Å². The van der Waals surface area contributed by atoms with E-state index in [0.29, 0.717) is 0 Å². The lowest BCUT2D eigenvalue weighted by molar-refractivity contribution is 0.225. The van der Waals surface area contributed by atoms with Gasteiger partial charge in [-0.3, -0.25) is 9.98 Å². The van der Waals surface area contributed by atoms with Gasteiger partial charge in [0.15, 0.2) is 5.66 Å². The number of nitrogens with zero attached hydrogens (tertiary/aromatic N) is 2. The van der Waals surface area contributed by atoms with E-state index in [2.05, 4.69) is 53.5 Å². The minimum absolute atomic E-state index is 0.0799. The van der Waals surface area contributed by atoms with Gasteiger partial charge in [0.25, 0.3) is 0 Å². The zero-order chi connectivity index (χ0) is 11.2. The molecule has 0 aromatic rings. The lowest BCUT2D eigenvalue weighted by Crippen LogP contribution is -2.35. The predicted octanol–water partition coefficient (Wildman–Crippen LogP) is 3.32.